The lowest BCUT2D eigenvalue weighted by atomic mass is 9.89. The summed E-state index contributed by atoms with van der Waals surface area (Å²) in [5.41, 5.74) is 3.04. The quantitative estimate of drug-likeness (QED) is 0.852. The molecule has 5 heteroatoms. The molecule has 0 spiro atoms. The van der Waals surface area contributed by atoms with Gasteiger partial charge in [-0.3, -0.25) is 0 Å². The minimum Gasteiger partial charge on any atom is -0.358 e. The molecular formula is C16H20N4S. The summed E-state index contributed by atoms with van der Waals surface area (Å²) in [6.45, 7) is 7.02. The highest BCUT2D eigenvalue weighted by atomic mass is 32.1. The van der Waals surface area contributed by atoms with Gasteiger partial charge in [0.05, 0.1) is 5.69 Å². The number of rotatable bonds is 3. The van der Waals surface area contributed by atoms with Crippen molar-refractivity contribution >= 4 is 23.0 Å². The molecule has 0 radical (unpaired) electrons. The molecule has 0 saturated carbocycles. The Morgan fingerprint density at radius 1 is 1.19 bits per heavy atom. The van der Waals surface area contributed by atoms with Gasteiger partial charge in [0.25, 0.3) is 0 Å². The minimum absolute atomic E-state index is 0.0194. The Morgan fingerprint density at radius 3 is 2.57 bits per heavy atom. The smallest absolute Gasteiger partial charge is 0.171 e. The lowest BCUT2D eigenvalue weighted by Crippen LogP contribution is -2.29. The molecule has 0 amide bonds. The van der Waals surface area contributed by atoms with Gasteiger partial charge in [-0.15, -0.1) is 0 Å². The van der Waals surface area contributed by atoms with Gasteiger partial charge in [-0.25, -0.2) is 9.97 Å². The number of aromatic nitrogens is 2. The van der Waals surface area contributed by atoms with Gasteiger partial charge in [-0.2, -0.15) is 0 Å². The number of thiocarbonyl (C=S) groups is 1. The summed E-state index contributed by atoms with van der Waals surface area (Å²) in [7, 11) is 0. The molecule has 1 aromatic carbocycles. The van der Waals surface area contributed by atoms with Gasteiger partial charge in [0.1, 0.15) is 6.33 Å². The highest BCUT2D eigenvalue weighted by Crippen LogP contribution is 2.22. The number of para-hydroxylation sites is 1. The molecule has 0 saturated heterocycles. The van der Waals surface area contributed by atoms with Crippen molar-refractivity contribution in [3.05, 3.63) is 54.1 Å². The van der Waals surface area contributed by atoms with E-state index in [1.165, 1.54) is 0 Å². The minimum atomic E-state index is -0.0194. The first-order valence-electron chi connectivity index (χ1n) is 6.86. The van der Waals surface area contributed by atoms with E-state index in [9.17, 15) is 0 Å². The molecule has 0 fully saturated rings. The summed E-state index contributed by atoms with van der Waals surface area (Å²) in [6.07, 6.45) is 3.43. The van der Waals surface area contributed by atoms with Crippen LogP contribution >= 0.6 is 12.2 Å². The summed E-state index contributed by atoms with van der Waals surface area (Å²) < 4.78 is 0. The van der Waals surface area contributed by atoms with Crippen LogP contribution in [0.1, 0.15) is 32.0 Å². The van der Waals surface area contributed by atoms with Crippen molar-refractivity contribution in [2.75, 3.05) is 5.32 Å². The van der Waals surface area contributed by atoms with Crippen molar-refractivity contribution in [3.63, 3.8) is 0 Å². The van der Waals surface area contributed by atoms with Crippen molar-refractivity contribution < 1.29 is 0 Å². The van der Waals surface area contributed by atoms with E-state index in [4.69, 9.17) is 12.2 Å². The van der Waals surface area contributed by atoms with Crippen molar-refractivity contribution in [1.82, 2.24) is 15.3 Å². The molecule has 1 heterocycles. The largest absolute Gasteiger partial charge is 0.358 e. The average molecular weight is 300 g/mol. The third-order valence-electron chi connectivity index (χ3n) is 2.97. The number of nitrogens with zero attached hydrogens (tertiary/aromatic N) is 2. The van der Waals surface area contributed by atoms with Crippen LogP contribution in [0.4, 0.5) is 5.69 Å². The molecule has 21 heavy (non-hydrogen) atoms. The second kappa shape index (κ2) is 6.63. The Balaban J connectivity index is 1.99. The Labute approximate surface area is 131 Å². The van der Waals surface area contributed by atoms with Crippen molar-refractivity contribution in [3.8, 4) is 0 Å². The van der Waals surface area contributed by atoms with Gasteiger partial charge in [-0.05, 0) is 24.4 Å². The lowest BCUT2D eigenvalue weighted by molar-refractivity contribution is 0.556. The molecule has 2 aromatic rings. The fraction of sp³-hybridized carbons (Fsp3) is 0.312. The SMILES string of the molecule is CC(C)(C)c1ncncc1CNC(=S)Nc1ccccc1. The Hall–Kier alpha value is -2.01. The third kappa shape index (κ3) is 4.49. The summed E-state index contributed by atoms with van der Waals surface area (Å²) in [6, 6.07) is 9.85. The van der Waals surface area contributed by atoms with Gasteiger partial charge < -0.3 is 10.6 Å². The number of hydrogen-bond acceptors (Lipinski definition) is 3. The van der Waals surface area contributed by atoms with Gasteiger partial charge in [0.15, 0.2) is 5.11 Å². The molecule has 1 aromatic heterocycles. The van der Waals surface area contributed by atoms with Crippen LogP contribution in [0.3, 0.4) is 0 Å². The lowest BCUT2D eigenvalue weighted by Gasteiger charge is -2.21. The van der Waals surface area contributed by atoms with Crippen molar-refractivity contribution in [2.45, 2.75) is 32.7 Å². The van der Waals surface area contributed by atoms with Gasteiger partial charge in [0.2, 0.25) is 0 Å². The van der Waals surface area contributed by atoms with Crippen molar-refractivity contribution in [1.29, 1.82) is 0 Å². The zero-order valence-corrected chi connectivity index (χ0v) is 13.4. The summed E-state index contributed by atoms with van der Waals surface area (Å²) in [4.78, 5) is 8.50. The molecule has 110 valence electrons. The Morgan fingerprint density at radius 2 is 1.90 bits per heavy atom. The van der Waals surface area contributed by atoms with E-state index < -0.39 is 0 Å². The normalized spacial score (nSPS) is 11.0. The van der Waals surface area contributed by atoms with Crippen LogP contribution in [0.5, 0.6) is 0 Å². The molecular weight excluding hydrogens is 280 g/mol. The predicted octanol–water partition coefficient (Wildman–Crippen LogP) is 3.26. The predicted molar refractivity (Wildman–Crippen MR) is 90.2 cm³/mol. The monoisotopic (exact) mass is 300 g/mol. The first-order valence-corrected chi connectivity index (χ1v) is 7.27. The first kappa shape index (κ1) is 15.4. The molecule has 4 nitrogen and oxygen atoms in total. The summed E-state index contributed by atoms with van der Waals surface area (Å²) in [5, 5.41) is 6.94. The second-order valence-corrected chi connectivity index (χ2v) is 6.23. The maximum atomic E-state index is 5.31. The number of anilines is 1. The molecule has 0 atom stereocenters. The van der Waals surface area contributed by atoms with E-state index in [1.807, 2.05) is 36.5 Å². The van der Waals surface area contributed by atoms with E-state index in [2.05, 4.69) is 41.4 Å². The number of hydrogen-bond donors (Lipinski definition) is 2. The molecule has 0 bridgehead atoms. The maximum Gasteiger partial charge on any atom is 0.171 e. The van der Waals surface area contributed by atoms with Crippen LogP contribution in [0, 0.1) is 0 Å². The van der Waals surface area contributed by atoms with Crippen LogP contribution in [0.2, 0.25) is 0 Å². The standard InChI is InChI=1S/C16H20N4S/c1-16(2,3)14-12(9-17-11-19-14)10-18-15(21)20-13-7-5-4-6-8-13/h4-9,11H,10H2,1-3H3,(H2,18,20,21). The van der Waals surface area contributed by atoms with Gasteiger partial charge in [0, 0.05) is 29.4 Å². The van der Waals surface area contributed by atoms with E-state index in [0.29, 0.717) is 11.7 Å². The molecule has 0 aliphatic carbocycles. The maximum absolute atomic E-state index is 5.31. The van der Waals surface area contributed by atoms with Crippen LogP contribution in [0.25, 0.3) is 0 Å². The van der Waals surface area contributed by atoms with E-state index >= 15 is 0 Å². The highest BCUT2D eigenvalue weighted by Gasteiger charge is 2.19. The summed E-state index contributed by atoms with van der Waals surface area (Å²) >= 11 is 5.31. The highest BCUT2D eigenvalue weighted by molar-refractivity contribution is 7.80. The zero-order chi connectivity index (χ0) is 15.3. The van der Waals surface area contributed by atoms with Crippen LogP contribution in [-0.2, 0) is 12.0 Å². The van der Waals surface area contributed by atoms with Crippen LogP contribution in [0.15, 0.2) is 42.9 Å². The number of benzene rings is 1. The third-order valence-corrected chi connectivity index (χ3v) is 3.22. The van der Waals surface area contributed by atoms with Crippen LogP contribution < -0.4 is 10.6 Å². The zero-order valence-electron chi connectivity index (χ0n) is 12.6. The van der Waals surface area contributed by atoms with Gasteiger partial charge in [-0.1, -0.05) is 39.0 Å². The van der Waals surface area contributed by atoms with Crippen LogP contribution in [-0.4, -0.2) is 15.1 Å². The average Bonchev–Trinajstić information content (AvgIpc) is 2.45. The van der Waals surface area contributed by atoms with Gasteiger partial charge >= 0.3 is 0 Å². The number of nitrogens with one attached hydrogen (secondary N) is 2. The van der Waals surface area contributed by atoms with E-state index in [1.54, 1.807) is 6.33 Å². The molecule has 0 aliphatic rings. The molecule has 0 aliphatic heterocycles. The summed E-state index contributed by atoms with van der Waals surface area (Å²) in [5.74, 6) is 0. The van der Waals surface area contributed by atoms with E-state index in [-0.39, 0.29) is 5.41 Å². The second-order valence-electron chi connectivity index (χ2n) is 5.82. The molecule has 2 rings (SSSR count). The van der Waals surface area contributed by atoms with E-state index in [0.717, 1.165) is 16.9 Å². The van der Waals surface area contributed by atoms with Crippen molar-refractivity contribution in [2.24, 2.45) is 0 Å². The Kier molecular flexibility index (Phi) is 4.85. The topological polar surface area (TPSA) is 49.8 Å². The Bertz CT molecular complexity index is 605. The fourth-order valence-electron chi connectivity index (χ4n) is 2.04. The fourth-order valence-corrected chi connectivity index (χ4v) is 2.23. The molecule has 2 N–H and O–H groups in total. The molecule has 0 unspecified atom stereocenters. The first-order chi connectivity index (χ1) is 9.97.